The van der Waals surface area contributed by atoms with Gasteiger partial charge < -0.3 is 9.15 Å². The standard InChI is InChI=1S/C20H17BrO4/c1-2-24-17(23)12-11-16(22)20-18(13-7-4-3-5-8-13)14-9-6-10-15(21)19(14)25-20/h3-10H,2,11-12H2,1H3. The molecule has 0 saturated heterocycles. The molecule has 0 fully saturated rings. The minimum atomic E-state index is -0.380. The fraction of sp³-hybridized carbons (Fsp3) is 0.200. The van der Waals surface area contributed by atoms with Crippen LogP contribution in [0.3, 0.4) is 0 Å². The van der Waals surface area contributed by atoms with Gasteiger partial charge in [0.1, 0.15) is 5.58 Å². The normalized spacial score (nSPS) is 10.8. The lowest BCUT2D eigenvalue weighted by Crippen LogP contribution is -2.08. The molecule has 0 atom stereocenters. The van der Waals surface area contributed by atoms with E-state index in [0.717, 1.165) is 21.0 Å². The van der Waals surface area contributed by atoms with Crippen molar-refractivity contribution in [2.45, 2.75) is 19.8 Å². The second-order valence-electron chi connectivity index (χ2n) is 5.52. The Morgan fingerprint density at radius 2 is 1.80 bits per heavy atom. The number of para-hydroxylation sites is 1. The predicted molar refractivity (Wildman–Crippen MR) is 99.5 cm³/mol. The van der Waals surface area contributed by atoms with E-state index in [4.69, 9.17) is 9.15 Å². The Morgan fingerprint density at radius 1 is 1.04 bits per heavy atom. The molecule has 4 nitrogen and oxygen atoms in total. The zero-order valence-corrected chi connectivity index (χ0v) is 15.3. The van der Waals surface area contributed by atoms with Gasteiger partial charge in [0.15, 0.2) is 11.5 Å². The Morgan fingerprint density at radius 3 is 2.52 bits per heavy atom. The van der Waals surface area contributed by atoms with Crippen molar-refractivity contribution in [3.05, 3.63) is 58.8 Å². The minimum absolute atomic E-state index is 0.0408. The Hall–Kier alpha value is -2.40. The average molecular weight is 401 g/mol. The van der Waals surface area contributed by atoms with Gasteiger partial charge in [-0.05, 0) is 34.5 Å². The number of benzene rings is 2. The number of hydrogen-bond donors (Lipinski definition) is 0. The van der Waals surface area contributed by atoms with Crippen molar-refractivity contribution in [1.29, 1.82) is 0 Å². The summed E-state index contributed by atoms with van der Waals surface area (Å²) in [6.45, 7) is 2.05. The van der Waals surface area contributed by atoms with Gasteiger partial charge in [-0.15, -0.1) is 0 Å². The molecule has 5 heteroatoms. The summed E-state index contributed by atoms with van der Waals surface area (Å²) < 4.78 is 11.6. The number of esters is 1. The molecule has 25 heavy (non-hydrogen) atoms. The van der Waals surface area contributed by atoms with E-state index in [1.54, 1.807) is 6.92 Å². The molecule has 0 aliphatic carbocycles. The molecule has 128 valence electrons. The van der Waals surface area contributed by atoms with Gasteiger partial charge in [0.25, 0.3) is 0 Å². The summed E-state index contributed by atoms with van der Waals surface area (Å²) in [5.74, 6) is -0.318. The van der Waals surface area contributed by atoms with E-state index in [0.29, 0.717) is 12.2 Å². The number of Topliss-reactive ketones (excluding diaryl/α,β-unsaturated/α-hetero) is 1. The van der Waals surface area contributed by atoms with Crippen LogP contribution in [0.4, 0.5) is 0 Å². The molecule has 0 N–H and O–H groups in total. The number of halogens is 1. The van der Waals surface area contributed by atoms with Gasteiger partial charge in [0.05, 0.1) is 17.5 Å². The molecule has 1 aromatic heterocycles. The average Bonchev–Trinajstić information content (AvgIpc) is 3.02. The van der Waals surface area contributed by atoms with E-state index in [2.05, 4.69) is 15.9 Å². The van der Waals surface area contributed by atoms with Gasteiger partial charge in [0.2, 0.25) is 0 Å². The van der Waals surface area contributed by atoms with E-state index in [-0.39, 0.29) is 30.4 Å². The largest absolute Gasteiger partial charge is 0.466 e. The number of ether oxygens (including phenoxy) is 1. The quantitative estimate of drug-likeness (QED) is 0.411. The number of carbonyl (C=O) groups is 2. The lowest BCUT2D eigenvalue weighted by Gasteiger charge is -2.03. The number of hydrogen-bond acceptors (Lipinski definition) is 4. The third-order valence-corrected chi connectivity index (χ3v) is 4.47. The van der Waals surface area contributed by atoms with Crippen LogP contribution in [-0.2, 0) is 9.53 Å². The highest BCUT2D eigenvalue weighted by Gasteiger charge is 2.23. The van der Waals surface area contributed by atoms with Gasteiger partial charge in [0, 0.05) is 17.4 Å². The van der Waals surface area contributed by atoms with Crippen LogP contribution in [0, 0.1) is 0 Å². The Labute approximate surface area is 153 Å². The van der Waals surface area contributed by atoms with E-state index >= 15 is 0 Å². The van der Waals surface area contributed by atoms with Gasteiger partial charge >= 0.3 is 5.97 Å². The molecule has 1 heterocycles. The first-order chi connectivity index (χ1) is 12.1. The molecular formula is C20H17BrO4. The lowest BCUT2D eigenvalue weighted by atomic mass is 9.99. The highest BCUT2D eigenvalue weighted by Crippen LogP contribution is 2.38. The van der Waals surface area contributed by atoms with Gasteiger partial charge in [-0.2, -0.15) is 0 Å². The zero-order chi connectivity index (χ0) is 17.8. The molecule has 0 spiro atoms. The van der Waals surface area contributed by atoms with Crippen molar-refractivity contribution < 1.29 is 18.7 Å². The van der Waals surface area contributed by atoms with Crippen molar-refractivity contribution in [2.75, 3.05) is 6.61 Å². The molecule has 3 aromatic rings. The second kappa shape index (κ2) is 7.66. The summed E-state index contributed by atoms with van der Waals surface area (Å²) in [7, 11) is 0. The van der Waals surface area contributed by atoms with Crippen LogP contribution in [0.25, 0.3) is 22.1 Å². The van der Waals surface area contributed by atoms with Gasteiger partial charge in [-0.1, -0.05) is 42.5 Å². The maximum absolute atomic E-state index is 12.7. The first kappa shape index (κ1) is 17.4. The highest BCUT2D eigenvalue weighted by molar-refractivity contribution is 9.10. The fourth-order valence-electron chi connectivity index (χ4n) is 2.73. The Balaban J connectivity index is 2.04. The summed E-state index contributed by atoms with van der Waals surface area (Å²) in [6.07, 6.45) is 0.0925. The number of rotatable bonds is 6. The topological polar surface area (TPSA) is 56.5 Å². The molecular weight excluding hydrogens is 384 g/mol. The van der Waals surface area contributed by atoms with Crippen molar-refractivity contribution >= 4 is 38.7 Å². The van der Waals surface area contributed by atoms with E-state index in [1.165, 1.54) is 0 Å². The molecule has 0 aliphatic heterocycles. The summed E-state index contributed by atoms with van der Waals surface area (Å²) in [4.78, 5) is 24.3. The molecule has 0 amide bonds. The highest BCUT2D eigenvalue weighted by atomic mass is 79.9. The van der Waals surface area contributed by atoms with Crippen LogP contribution in [-0.4, -0.2) is 18.4 Å². The summed E-state index contributed by atoms with van der Waals surface area (Å²) >= 11 is 3.47. The Kier molecular flexibility index (Phi) is 5.34. The van der Waals surface area contributed by atoms with Crippen molar-refractivity contribution in [3.63, 3.8) is 0 Å². The summed E-state index contributed by atoms with van der Waals surface area (Å²) in [5, 5.41) is 0.861. The van der Waals surface area contributed by atoms with Crippen LogP contribution in [0.15, 0.2) is 57.4 Å². The minimum Gasteiger partial charge on any atom is -0.466 e. The molecule has 0 unspecified atom stereocenters. The van der Waals surface area contributed by atoms with Gasteiger partial charge in [-0.25, -0.2) is 0 Å². The molecule has 0 radical (unpaired) electrons. The summed E-state index contributed by atoms with van der Waals surface area (Å²) in [6, 6.07) is 15.3. The first-order valence-electron chi connectivity index (χ1n) is 8.07. The van der Waals surface area contributed by atoms with E-state index in [9.17, 15) is 9.59 Å². The van der Waals surface area contributed by atoms with Crippen LogP contribution in [0.5, 0.6) is 0 Å². The fourth-order valence-corrected chi connectivity index (χ4v) is 3.18. The van der Waals surface area contributed by atoms with E-state index < -0.39 is 0 Å². The van der Waals surface area contributed by atoms with Crippen molar-refractivity contribution in [2.24, 2.45) is 0 Å². The third-order valence-electron chi connectivity index (χ3n) is 3.84. The van der Waals surface area contributed by atoms with Crippen LogP contribution in [0.1, 0.15) is 30.3 Å². The molecule has 3 rings (SSSR count). The van der Waals surface area contributed by atoms with Crippen LogP contribution < -0.4 is 0 Å². The van der Waals surface area contributed by atoms with Crippen molar-refractivity contribution in [1.82, 2.24) is 0 Å². The second-order valence-corrected chi connectivity index (χ2v) is 6.37. The third kappa shape index (κ3) is 3.66. The van der Waals surface area contributed by atoms with Crippen LogP contribution in [0.2, 0.25) is 0 Å². The zero-order valence-electron chi connectivity index (χ0n) is 13.8. The van der Waals surface area contributed by atoms with E-state index in [1.807, 2.05) is 48.5 Å². The maximum atomic E-state index is 12.7. The molecule has 2 aromatic carbocycles. The molecule has 0 aliphatic rings. The SMILES string of the molecule is CCOC(=O)CCC(=O)c1oc2c(Br)cccc2c1-c1ccccc1. The van der Waals surface area contributed by atoms with Crippen LogP contribution >= 0.6 is 15.9 Å². The summed E-state index contributed by atoms with van der Waals surface area (Å²) in [5.41, 5.74) is 2.28. The maximum Gasteiger partial charge on any atom is 0.306 e. The number of furan rings is 1. The van der Waals surface area contributed by atoms with Crippen molar-refractivity contribution in [3.8, 4) is 11.1 Å². The predicted octanol–water partition coefficient (Wildman–Crippen LogP) is 5.39. The van der Waals surface area contributed by atoms with Gasteiger partial charge in [-0.3, -0.25) is 9.59 Å². The lowest BCUT2D eigenvalue weighted by molar-refractivity contribution is -0.143. The number of ketones is 1. The first-order valence-corrected chi connectivity index (χ1v) is 8.86. The Bertz CT molecular complexity index is 912. The number of fused-ring (bicyclic) bond motifs is 1. The number of carbonyl (C=O) groups excluding carboxylic acids is 2. The monoisotopic (exact) mass is 400 g/mol. The smallest absolute Gasteiger partial charge is 0.306 e. The molecule has 0 bridgehead atoms. The molecule has 0 saturated carbocycles.